The molecular formula is C20H19N3O4. The first kappa shape index (κ1) is 18.2. The van der Waals surface area contributed by atoms with Gasteiger partial charge in [-0.25, -0.2) is 4.98 Å². The van der Waals surface area contributed by atoms with Crippen molar-refractivity contribution in [2.75, 3.05) is 12.4 Å². The zero-order valence-corrected chi connectivity index (χ0v) is 15.0. The highest BCUT2D eigenvalue weighted by Gasteiger charge is 2.16. The number of carbonyl (C=O) groups is 2. The van der Waals surface area contributed by atoms with E-state index in [1.807, 2.05) is 24.3 Å². The molecule has 0 bridgehead atoms. The fraction of sp³-hybridized carbons (Fsp3) is 0.150. The van der Waals surface area contributed by atoms with E-state index < -0.39 is 5.91 Å². The van der Waals surface area contributed by atoms with E-state index in [-0.39, 0.29) is 17.9 Å². The maximum atomic E-state index is 12.4. The van der Waals surface area contributed by atoms with E-state index >= 15 is 0 Å². The van der Waals surface area contributed by atoms with Crippen molar-refractivity contribution in [2.45, 2.75) is 13.3 Å². The van der Waals surface area contributed by atoms with Crippen LogP contribution in [0.25, 0.3) is 11.5 Å². The van der Waals surface area contributed by atoms with Crippen molar-refractivity contribution in [3.8, 4) is 17.2 Å². The predicted molar refractivity (Wildman–Crippen MR) is 101 cm³/mol. The molecular weight excluding hydrogens is 346 g/mol. The van der Waals surface area contributed by atoms with E-state index in [0.29, 0.717) is 23.0 Å². The Morgan fingerprint density at radius 2 is 1.85 bits per heavy atom. The third-order valence-corrected chi connectivity index (χ3v) is 4.02. The Labute approximate surface area is 156 Å². The number of carbonyl (C=O) groups excluding carboxylic acids is 2. The van der Waals surface area contributed by atoms with Gasteiger partial charge < -0.3 is 20.2 Å². The zero-order valence-electron chi connectivity index (χ0n) is 15.0. The van der Waals surface area contributed by atoms with Crippen LogP contribution in [0.3, 0.4) is 0 Å². The van der Waals surface area contributed by atoms with Crippen LogP contribution < -0.4 is 15.8 Å². The summed E-state index contributed by atoms with van der Waals surface area (Å²) in [6, 6.07) is 13.8. The number of nitrogens with two attached hydrogens (primary N) is 1. The molecule has 3 N–H and O–H groups in total. The highest BCUT2D eigenvalue weighted by atomic mass is 16.5. The molecule has 3 aromatic rings. The van der Waals surface area contributed by atoms with Crippen molar-refractivity contribution >= 4 is 17.5 Å². The fourth-order valence-electron chi connectivity index (χ4n) is 2.60. The number of hydrogen-bond donors (Lipinski definition) is 2. The molecule has 0 aliphatic rings. The van der Waals surface area contributed by atoms with Crippen LogP contribution in [0, 0.1) is 6.92 Å². The molecule has 138 valence electrons. The second-order valence-electron chi connectivity index (χ2n) is 5.89. The van der Waals surface area contributed by atoms with Gasteiger partial charge in [-0.2, -0.15) is 0 Å². The Kier molecular flexibility index (Phi) is 5.21. The van der Waals surface area contributed by atoms with Crippen LogP contribution >= 0.6 is 0 Å². The van der Waals surface area contributed by atoms with Crippen molar-refractivity contribution < 1.29 is 18.7 Å². The van der Waals surface area contributed by atoms with Crippen molar-refractivity contribution in [3.63, 3.8) is 0 Å². The summed E-state index contributed by atoms with van der Waals surface area (Å²) in [6.07, 6.45) is 0.0125. The smallest absolute Gasteiger partial charge is 0.250 e. The summed E-state index contributed by atoms with van der Waals surface area (Å²) in [7, 11) is 1.59. The molecule has 3 rings (SSSR count). The molecule has 0 saturated carbocycles. The first-order valence-corrected chi connectivity index (χ1v) is 8.27. The molecule has 0 unspecified atom stereocenters. The summed E-state index contributed by atoms with van der Waals surface area (Å²) in [5, 5.41) is 2.69. The van der Waals surface area contributed by atoms with E-state index in [4.69, 9.17) is 14.9 Å². The first-order valence-electron chi connectivity index (χ1n) is 8.27. The minimum Gasteiger partial charge on any atom is -0.497 e. The number of nitrogens with one attached hydrogen (secondary N) is 1. The molecule has 1 aromatic heterocycles. The van der Waals surface area contributed by atoms with Gasteiger partial charge in [0.25, 0.3) is 5.91 Å². The number of benzene rings is 2. The number of aryl methyl sites for hydroxylation is 1. The monoisotopic (exact) mass is 365 g/mol. The van der Waals surface area contributed by atoms with Gasteiger partial charge in [0.1, 0.15) is 11.5 Å². The second-order valence-corrected chi connectivity index (χ2v) is 5.89. The number of oxazole rings is 1. The molecule has 0 saturated heterocycles. The van der Waals surface area contributed by atoms with Gasteiger partial charge >= 0.3 is 0 Å². The molecule has 0 aliphatic carbocycles. The Bertz CT molecular complexity index is 977. The average Bonchev–Trinajstić information content (AvgIpc) is 3.02. The number of amides is 2. The summed E-state index contributed by atoms with van der Waals surface area (Å²) >= 11 is 0. The van der Waals surface area contributed by atoms with E-state index in [2.05, 4.69) is 10.3 Å². The lowest BCUT2D eigenvalue weighted by Crippen LogP contribution is -2.19. The lowest BCUT2D eigenvalue weighted by atomic mass is 10.1. The lowest BCUT2D eigenvalue weighted by Gasteiger charge is -2.08. The Morgan fingerprint density at radius 1 is 1.15 bits per heavy atom. The number of aromatic nitrogens is 1. The number of anilines is 1. The van der Waals surface area contributed by atoms with Crippen LogP contribution in [0.4, 0.5) is 5.69 Å². The number of rotatable bonds is 6. The topological polar surface area (TPSA) is 107 Å². The maximum Gasteiger partial charge on any atom is 0.250 e. The molecule has 7 nitrogen and oxygen atoms in total. The molecule has 0 atom stereocenters. The van der Waals surface area contributed by atoms with Crippen LogP contribution in [0.15, 0.2) is 52.9 Å². The molecule has 0 radical (unpaired) electrons. The first-order chi connectivity index (χ1) is 13.0. The van der Waals surface area contributed by atoms with Gasteiger partial charge in [-0.3, -0.25) is 9.59 Å². The van der Waals surface area contributed by atoms with Crippen LogP contribution in [0.5, 0.6) is 5.75 Å². The summed E-state index contributed by atoms with van der Waals surface area (Å²) in [5.41, 5.74) is 7.25. The van der Waals surface area contributed by atoms with E-state index in [9.17, 15) is 9.59 Å². The SMILES string of the molecule is COc1ccc(-c2nc(CC(=O)Nc3ccccc3C(N)=O)c(C)o2)cc1. The largest absolute Gasteiger partial charge is 0.497 e. The summed E-state index contributed by atoms with van der Waals surface area (Å²) in [6.45, 7) is 1.75. The van der Waals surface area contributed by atoms with Crippen LogP contribution in [-0.4, -0.2) is 23.9 Å². The molecule has 1 heterocycles. The fourth-order valence-corrected chi connectivity index (χ4v) is 2.60. The normalized spacial score (nSPS) is 10.4. The minimum absolute atomic E-state index is 0.0125. The minimum atomic E-state index is -0.606. The third-order valence-electron chi connectivity index (χ3n) is 4.02. The van der Waals surface area contributed by atoms with Gasteiger partial charge in [0.05, 0.1) is 30.5 Å². The van der Waals surface area contributed by atoms with Gasteiger partial charge in [-0.1, -0.05) is 12.1 Å². The number of nitrogens with zero attached hydrogens (tertiary/aromatic N) is 1. The molecule has 27 heavy (non-hydrogen) atoms. The third kappa shape index (κ3) is 4.14. The van der Waals surface area contributed by atoms with Gasteiger partial charge in [0.15, 0.2) is 0 Å². The molecule has 0 fully saturated rings. The van der Waals surface area contributed by atoms with Crippen LogP contribution in [0.1, 0.15) is 21.8 Å². The Balaban J connectivity index is 1.75. The summed E-state index contributed by atoms with van der Waals surface area (Å²) in [5.74, 6) is 0.788. The number of ether oxygens (including phenoxy) is 1. The van der Waals surface area contributed by atoms with Crippen molar-refractivity contribution in [3.05, 3.63) is 65.5 Å². The number of methoxy groups -OCH3 is 1. The standard InChI is InChI=1S/C20H19N3O4/c1-12-17(23-20(27-12)13-7-9-14(26-2)10-8-13)11-18(24)22-16-6-4-3-5-15(16)19(21)25/h3-10H,11H2,1-2H3,(H2,21,25)(H,22,24). The van der Waals surface area contributed by atoms with Crippen LogP contribution in [-0.2, 0) is 11.2 Å². The quantitative estimate of drug-likeness (QED) is 0.698. The maximum absolute atomic E-state index is 12.4. The average molecular weight is 365 g/mol. The Hall–Kier alpha value is -3.61. The van der Waals surface area contributed by atoms with Gasteiger partial charge in [0, 0.05) is 5.56 Å². The van der Waals surface area contributed by atoms with Crippen molar-refractivity contribution in [2.24, 2.45) is 5.73 Å². The molecule has 2 aromatic carbocycles. The van der Waals surface area contributed by atoms with Gasteiger partial charge in [-0.15, -0.1) is 0 Å². The van der Waals surface area contributed by atoms with Crippen molar-refractivity contribution in [1.82, 2.24) is 4.98 Å². The lowest BCUT2D eigenvalue weighted by molar-refractivity contribution is -0.115. The summed E-state index contributed by atoms with van der Waals surface area (Å²) in [4.78, 5) is 28.2. The zero-order chi connectivity index (χ0) is 19.4. The number of hydrogen-bond acceptors (Lipinski definition) is 5. The van der Waals surface area contributed by atoms with Crippen molar-refractivity contribution in [1.29, 1.82) is 0 Å². The van der Waals surface area contributed by atoms with E-state index in [1.54, 1.807) is 38.3 Å². The van der Waals surface area contributed by atoms with Gasteiger partial charge in [0.2, 0.25) is 11.8 Å². The van der Waals surface area contributed by atoms with Gasteiger partial charge in [-0.05, 0) is 43.3 Å². The number of primary amides is 1. The highest BCUT2D eigenvalue weighted by Crippen LogP contribution is 2.24. The van der Waals surface area contributed by atoms with E-state index in [0.717, 1.165) is 11.3 Å². The molecule has 7 heteroatoms. The highest BCUT2D eigenvalue weighted by molar-refractivity contribution is 6.03. The van der Waals surface area contributed by atoms with E-state index in [1.165, 1.54) is 0 Å². The van der Waals surface area contributed by atoms with Crippen LogP contribution in [0.2, 0.25) is 0 Å². The Morgan fingerprint density at radius 3 is 2.52 bits per heavy atom. The molecule has 0 spiro atoms. The molecule has 0 aliphatic heterocycles. The number of para-hydroxylation sites is 1. The molecule has 2 amide bonds. The summed E-state index contributed by atoms with van der Waals surface area (Å²) < 4.78 is 10.8. The predicted octanol–water partition coefficient (Wildman–Crippen LogP) is 2.94. The second kappa shape index (κ2) is 7.74.